The number of fused-ring (bicyclic) bond motifs is 2. The van der Waals surface area contributed by atoms with Gasteiger partial charge in [-0.2, -0.15) is 0 Å². The van der Waals surface area contributed by atoms with Gasteiger partial charge in [-0.05, 0) is 29.0 Å². The predicted octanol–water partition coefficient (Wildman–Crippen LogP) is 4.12. The first-order chi connectivity index (χ1) is 8.25. The highest BCUT2D eigenvalue weighted by Crippen LogP contribution is 2.19. The summed E-state index contributed by atoms with van der Waals surface area (Å²) in [7, 11) is 0. The Labute approximate surface area is 107 Å². The van der Waals surface area contributed by atoms with Crippen LogP contribution in [-0.2, 0) is 0 Å². The Hall–Kier alpha value is -1.67. The highest BCUT2D eigenvalue weighted by Gasteiger charge is 2.01. The van der Waals surface area contributed by atoms with Crippen molar-refractivity contribution < 1.29 is 0 Å². The van der Waals surface area contributed by atoms with Crippen molar-refractivity contribution in [2.45, 2.75) is 0 Å². The fourth-order valence-electron chi connectivity index (χ4n) is 2.05. The lowest BCUT2D eigenvalue weighted by atomic mass is 10.1. The van der Waals surface area contributed by atoms with E-state index in [1.165, 1.54) is 0 Å². The van der Waals surface area contributed by atoms with E-state index in [9.17, 15) is 4.79 Å². The van der Waals surface area contributed by atoms with Crippen molar-refractivity contribution in [3.63, 3.8) is 0 Å². The van der Waals surface area contributed by atoms with Crippen LogP contribution in [0.15, 0.2) is 63.9 Å². The molecule has 0 spiro atoms. The molecule has 0 N–H and O–H groups in total. The van der Waals surface area contributed by atoms with E-state index in [1.54, 1.807) is 0 Å². The minimum Gasteiger partial charge on any atom is -0.289 e. The molecule has 0 saturated carbocycles. The first kappa shape index (κ1) is 10.5. The van der Waals surface area contributed by atoms with Gasteiger partial charge in [0.1, 0.15) is 0 Å². The maximum absolute atomic E-state index is 12.4. The number of hydrogen-bond acceptors (Lipinski definition) is 1. The van der Waals surface area contributed by atoms with Crippen LogP contribution in [0.4, 0.5) is 0 Å². The molecule has 3 aromatic rings. The Balaban J connectivity index is 2.63. The fourth-order valence-corrected chi connectivity index (χ4v) is 2.43. The van der Waals surface area contributed by atoms with Gasteiger partial charge in [0.05, 0.1) is 0 Å². The first-order valence-corrected chi connectivity index (χ1v) is 6.16. The molecule has 0 aliphatic carbocycles. The number of rotatable bonds is 0. The lowest BCUT2D eigenvalue weighted by Gasteiger charge is -1.92. The van der Waals surface area contributed by atoms with Crippen LogP contribution in [0.25, 0.3) is 21.5 Å². The van der Waals surface area contributed by atoms with Crippen LogP contribution < -0.4 is 5.43 Å². The predicted molar refractivity (Wildman–Crippen MR) is 75.4 cm³/mol. The highest BCUT2D eigenvalue weighted by atomic mass is 79.9. The topological polar surface area (TPSA) is 17.1 Å². The van der Waals surface area contributed by atoms with Gasteiger partial charge in [-0.3, -0.25) is 4.79 Å². The van der Waals surface area contributed by atoms with Crippen LogP contribution in [0.3, 0.4) is 0 Å². The Morgan fingerprint density at radius 1 is 0.765 bits per heavy atom. The van der Waals surface area contributed by atoms with Gasteiger partial charge in [0.15, 0.2) is 5.43 Å². The number of halogens is 1. The lowest BCUT2D eigenvalue weighted by molar-refractivity contribution is 1.71. The van der Waals surface area contributed by atoms with Gasteiger partial charge in [0.25, 0.3) is 0 Å². The third-order valence-corrected chi connectivity index (χ3v) is 3.40. The molecule has 0 aliphatic heterocycles. The van der Waals surface area contributed by atoms with Crippen LogP contribution in [0.1, 0.15) is 0 Å². The van der Waals surface area contributed by atoms with Gasteiger partial charge in [-0.1, -0.05) is 52.3 Å². The monoisotopic (exact) mass is 284 g/mol. The molecule has 2 heteroatoms. The second kappa shape index (κ2) is 3.97. The molecule has 0 heterocycles. The van der Waals surface area contributed by atoms with E-state index in [-0.39, 0.29) is 5.43 Å². The second-order valence-electron chi connectivity index (χ2n) is 3.98. The molecular weight excluding hydrogens is 276 g/mol. The Kier molecular flexibility index (Phi) is 2.45. The summed E-state index contributed by atoms with van der Waals surface area (Å²) in [5.74, 6) is 0. The van der Waals surface area contributed by atoms with Crippen LogP contribution >= 0.6 is 15.9 Å². The van der Waals surface area contributed by atoms with Gasteiger partial charge in [0, 0.05) is 15.2 Å². The molecule has 0 saturated heterocycles. The largest absolute Gasteiger partial charge is 0.289 e. The van der Waals surface area contributed by atoms with Gasteiger partial charge >= 0.3 is 0 Å². The number of hydrogen-bond donors (Lipinski definition) is 0. The van der Waals surface area contributed by atoms with Crippen LogP contribution in [0, 0.1) is 0 Å². The SMILES string of the molecule is O=c1c2ccccc2ccc2cc(Br)ccc12. The minimum atomic E-state index is 0.0908. The van der Waals surface area contributed by atoms with E-state index < -0.39 is 0 Å². The Morgan fingerprint density at radius 2 is 1.47 bits per heavy atom. The molecule has 0 bridgehead atoms. The fraction of sp³-hybridized carbons (Fsp3) is 0. The van der Waals surface area contributed by atoms with Crippen molar-refractivity contribution in [3.8, 4) is 0 Å². The average molecular weight is 285 g/mol. The van der Waals surface area contributed by atoms with Crippen LogP contribution in [0.5, 0.6) is 0 Å². The molecule has 0 amide bonds. The summed E-state index contributed by atoms with van der Waals surface area (Å²) in [6, 6.07) is 17.4. The van der Waals surface area contributed by atoms with E-state index in [0.717, 1.165) is 26.0 Å². The second-order valence-corrected chi connectivity index (χ2v) is 4.90. The number of benzene rings is 2. The van der Waals surface area contributed by atoms with Gasteiger partial charge in [0.2, 0.25) is 0 Å². The molecule has 17 heavy (non-hydrogen) atoms. The average Bonchev–Trinajstić information content (AvgIpc) is 2.48. The molecule has 1 nitrogen and oxygen atoms in total. The summed E-state index contributed by atoms with van der Waals surface area (Å²) < 4.78 is 0.986. The van der Waals surface area contributed by atoms with Crippen LogP contribution in [-0.4, -0.2) is 0 Å². The van der Waals surface area contributed by atoms with Crippen molar-refractivity contribution in [3.05, 3.63) is 69.3 Å². The lowest BCUT2D eigenvalue weighted by Crippen LogP contribution is -1.97. The van der Waals surface area contributed by atoms with Gasteiger partial charge in [-0.25, -0.2) is 0 Å². The molecule has 0 radical (unpaired) electrons. The van der Waals surface area contributed by atoms with E-state index in [1.807, 2.05) is 54.6 Å². The maximum Gasteiger partial charge on any atom is 0.194 e. The molecule has 82 valence electrons. The van der Waals surface area contributed by atoms with E-state index in [0.29, 0.717) is 0 Å². The first-order valence-electron chi connectivity index (χ1n) is 5.37. The Bertz CT molecular complexity index is 778. The van der Waals surface area contributed by atoms with Crippen molar-refractivity contribution in [2.75, 3.05) is 0 Å². The Morgan fingerprint density at radius 3 is 2.35 bits per heavy atom. The molecule has 0 fully saturated rings. The van der Waals surface area contributed by atoms with Crippen LogP contribution in [0.2, 0.25) is 0 Å². The summed E-state index contributed by atoms with van der Waals surface area (Å²) >= 11 is 3.43. The molecule has 3 aromatic carbocycles. The van der Waals surface area contributed by atoms with Crippen molar-refractivity contribution in [2.24, 2.45) is 0 Å². The summed E-state index contributed by atoms with van der Waals surface area (Å²) in [5, 5.41) is 3.46. The third kappa shape index (κ3) is 1.75. The molecule has 0 aromatic heterocycles. The third-order valence-electron chi connectivity index (χ3n) is 2.91. The summed E-state index contributed by atoms with van der Waals surface area (Å²) in [6.45, 7) is 0. The summed E-state index contributed by atoms with van der Waals surface area (Å²) in [4.78, 5) is 12.4. The normalized spacial score (nSPS) is 10.9. The molecule has 0 aliphatic rings. The van der Waals surface area contributed by atoms with Gasteiger partial charge in [-0.15, -0.1) is 0 Å². The van der Waals surface area contributed by atoms with Crippen molar-refractivity contribution in [1.82, 2.24) is 0 Å². The van der Waals surface area contributed by atoms with E-state index in [4.69, 9.17) is 0 Å². The standard InChI is InChI=1S/C15H9BrO/c16-12-7-8-14-11(9-12)6-5-10-3-1-2-4-13(10)15(14)17/h1-9H. The zero-order valence-corrected chi connectivity index (χ0v) is 10.6. The zero-order valence-electron chi connectivity index (χ0n) is 8.98. The maximum atomic E-state index is 12.4. The van der Waals surface area contributed by atoms with E-state index in [2.05, 4.69) is 15.9 Å². The van der Waals surface area contributed by atoms with Crippen molar-refractivity contribution in [1.29, 1.82) is 0 Å². The quantitative estimate of drug-likeness (QED) is 0.607. The highest BCUT2D eigenvalue weighted by molar-refractivity contribution is 9.10. The molecule has 0 atom stereocenters. The zero-order chi connectivity index (χ0) is 11.8. The van der Waals surface area contributed by atoms with Gasteiger partial charge < -0.3 is 0 Å². The van der Waals surface area contributed by atoms with E-state index >= 15 is 0 Å². The molecule has 0 unspecified atom stereocenters. The summed E-state index contributed by atoms with van der Waals surface area (Å²) in [6.07, 6.45) is 0. The van der Waals surface area contributed by atoms with Crippen molar-refractivity contribution >= 4 is 37.5 Å². The molecular formula is C15H9BrO. The minimum absolute atomic E-state index is 0.0908. The molecule has 3 rings (SSSR count). The summed E-state index contributed by atoms with van der Waals surface area (Å²) in [5.41, 5.74) is 0.0908. The smallest absolute Gasteiger partial charge is 0.194 e.